The first-order chi connectivity index (χ1) is 9.21. The van der Waals surface area contributed by atoms with E-state index in [1.807, 2.05) is 6.07 Å². The summed E-state index contributed by atoms with van der Waals surface area (Å²) in [6, 6.07) is 8.24. The van der Waals surface area contributed by atoms with Crippen LogP contribution in [0.2, 0.25) is 0 Å². The zero-order valence-corrected chi connectivity index (χ0v) is 12.2. The number of thiazole rings is 1. The maximum atomic E-state index is 11.0. The number of nitrogens with zero attached hydrogens (tertiary/aromatic N) is 1. The third kappa shape index (κ3) is 2.54. The Morgan fingerprint density at radius 2 is 2.21 bits per heavy atom. The molecule has 0 radical (unpaired) electrons. The highest BCUT2D eigenvalue weighted by atomic mass is 32.1. The Kier molecular flexibility index (Phi) is 3.59. The fourth-order valence-electron chi connectivity index (χ4n) is 3.37. The Labute approximate surface area is 118 Å². The van der Waals surface area contributed by atoms with Crippen LogP contribution >= 0.6 is 11.3 Å². The highest BCUT2D eigenvalue weighted by Crippen LogP contribution is 2.39. The molecule has 1 aromatic carbocycles. The van der Waals surface area contributed by atoms with E-state index < -0.39 is 5.60 Å². The minimum atomic E-state index is -0.527. The van der Waals surface area contributed by atoms with Crippen molar-refractivity contribution >= 4 is 21.6 Å². The molecule has 0 bridgehead atoms. The van der Waals surface area contributed by atoms with Crippen molar-refractivity contribution in [1.82, 2.24) is 4.98 Å². The third-order valence-corrected chi connectivity index (χ3v) is 5.50. The summed E-state index contributed by atoms with van der Waals surface area (Å²) in [5.41, 5.74) is 0.538. The van der Waals surface area contributed by atoms with Gasteiger partial charge in [0.15, 0.2) is 0 Å². The molecule has 102 valence electrons. The molecule has 2 nitrogen and oxygen atoms in total. The van der Waals surface area contributed by atoms with Crippen LogP contribution in [0, 0.1) is 5.92 Å². The van der Waals surface area contributed by atoms with E-state index in [-0.39, 0.29) is 0 Å². The summed E-state index contributed by atoms with van der Waals surface area (Å²) < 4.78 is 1.23. The van der Waals surface area contributed by atoms with Gasteiger partial charge in [0.25, 0.3) is 0 Å². The van der Waals surface area contributed by atoms with E-state index in [0.29, 0.717) is 5.92 Å². The molecule has 0 saturated heterocycles. The molecule has 2 unspecified atom stereocenters. The lowest BCUT2D eigenvalue weighted by atomic mass is 9.72. The van der Waals surface area contributed by atoms with Crippen molar-refractivity contribution in [3.63, 3.8) is 0 Å². The van der Waals surface area contributed by atoms with E-state index in [1.54, 1.807) is 11.3 Å². The van der Waals surface area contributed by atoms with Gasteiger partial charge in [-0.3, -0.25) is 0 Å². The van der Waals surface area contributed by atoms with E-state index in [4.69, 9.17) is 0 Å². The average Bonchev–Trinajstić information content (AvgIpc) is 2.80. The number of hydrogen-bond donors (Lipinski definition) is 1. The van der Waals surface area contributed by atoms with Crippen molar-refractivity contribution in [2.45, 2.75) is 51.0 Å². The highest BCUT2D eigenvalue weighted by molar-refractivity contribution is 7.18. The molecule has 3 heteroatoms. The summed E-state index contributed by atoms with van der Waals surface area (Å²) >= 11 is 1.73. The zero-order chi connectivity index (χ0) is 13.3. The van der Waals surface area contributed by atoms with Gasteiger partial charge in [-0.1, -0.05) is 38.3 Å². The predicted molar refractivity (Wildman–Crippen MR) is 80.5 cm³/mol. The monoisotopic (exact) mass is 275 g/mol. The minimum absolute atomic E-state index is 0.438. The molecule has 1 aliphatic carbocycles. The topological polar surface area (TPSA) is 33.1 Å². The van der Waals surface area contributed by atoms with E-state index >= 15 is 0 Å². The van der Waals surface area contributed by atoms with E-state index in [0.717, 1.165) is 42.6 Å². The second-order valence-corrected chi connectivity index (χ2v) is 6.82. The Hall–Kier alpha value is -0.930. The molecular weight excluding hydrogens is 254 g/mol. The van der Waals surface area contributed by atoms with Gasteiger partial charge >= 0.3 is 0 Å². The molecule has 2 atom stereocenters. The number of benzene rings is 1. The van der Waals surface area contributed by atoms with Gasteiger partial charge in [-0.15, -0.1) is 11.3 Å². The maximum absolute atomic E-state index is 11.0. The molecular formula is C16H21NOS. The van der Waals surface area contributed by atoms with Gasteiger partial charge in [-0.25, -0.2) is 4.98 Å². The minimum Gasteiger partial charge on any atom is -0.389 e. The number of rotatable bonds is 3. The molecule has 0 aliphatic heterocycles. The molecule has 1 aromatic heterocycles. The van der Waals surface area contributed by atoms with Gasteiger partial charge < -0.3 is 5.11 Å². The van der Waals surface area contributed by atoms with Crippen LogP contribution in [0.1, 0.15) is 44.0 Å². The second-order valence-electron chi connectivity index (χ2n) is 5.71. The molecule has 1 heterocycles. The fraction of sp³-hybridized carbons (Fsp3) is 0.562. The van der Waals surface area contributed by atoms with Gasteiger partial charge in [-0.2, -0.15) is 0 Å². The summed E-state index contributed by atoms with van der Waals surface area (Å²) in [5, 5.41) is 12.1. The first kappa shape index (κ1) is 13.1. The van der Waals surface area contributed by atoms with Gasteiger partial charge in [0.05, 0.1) is 20.8 Å². The number of hydrogen-bond acceptors (Lipinski definition) is 3. The first-order valence-electron chi connectivity index (χ1n) is 7.28. The number of aromatic nitrogens is 1. The van der Waals surface area contributed by atoms with Crippen LogP contribution < -0.4 is 0 Å². The highest BCUT2D eigenvalue weighted by Gasteiger charge is 2.38. The van der Waals surface area contributed by atoms with Crippen LogP contribution in [0.25, 0.3) is 10.2 Å². The molecule has 3 rings (SSSR count). The Bertz CT molecular complexity index is 532. The lowest BCUT2D eigenvalue weighted by Gasteiger charge is -2.39. The second kappa shape index (κ2) is 5.22. The molecule has 1 fully saturated rings. The maximum Gasteiger partial charge on any atom is 0.0967 e. The smallest absolute Gasteiger partial charge is 0.0967 e. The predicted octanol–water partition coefficient (Wildman–Crippen LogP) is 4.17. The largest absolute Gasteiger partial charge is 0.389 e. The van der Waals surface area contributed by atoms with E-state index in [9.17, 15) is 5.11 Å². The summed E-state index contributed by atoms with van der Waals surface area (Å²) in [7, 11) is 0. The number of para-hydroxylation sites is 1. The summed E-state index contributed by atoms with van der Waals surface area (Å²) in [5.74, 6) is 0.438. The van der Waals surface area contributed by atoms with Crippen molar-refractivity contribution in [3.05, 3.63) is 29.3 Å². The SMILES string of the molecule is CCC1CCCCC1(O)Cc1nc2ccccc2s1. The third-order valence-electron chi connectivity index (χ3n) is 4.46. The van der Waals surface area contributed by atoms with Gasteiger partial charge in [0.2, 0.25) is 0 Å². The standard InChI is InChI=1S/C16H21NOS/c1-2-12-7-5-6-10-16(12,18)11-15-17-13-8-3-4-9-14(13)19-15/h3-4,8-9,12,18H,2,5-7,10-11H2,1H3. The van der Waals surface area contributed by atoms with Crippen molar-refractivity contribution < 1.29 is 5.11 Å². The van der Waals surface area contributed by atoms with Crippen LogP contribution in [0.5, 0.6) is 0 Å². The first-order valence-corrected chi connectivity index (χ1v) is 8.10. The molecule has 2 aromatic rings. The Morgan fingerprint density at radius 1 is 1.37 bits per heavy atom. The Balaban J connectivity index is 1.86. The molecule has 1 saturated carbocycles. The van der Waals surface area contributed by atoms with Crippen molar-refractivity contribution in [3.8, 4) is 0 Å². The average molecular weight is 275 g/mol. The summed E-state index contributed by atoms with van der Waals surface area (Å²) in [6.45, 7) is 2.19. The van der Waals surface area contributed by atoms with Crippen molar-refractivity contribution in [1.29, 1.82) is 0 Å². The van der Waals surface area contributed by atoms with Crippen LogP contribution in [0.3, 0.4) is 0 Å². The Morgan fingerprint density at radius 3 is 3.00 bits per heavy atom. The normalized spacial score (nSPS) is 27.8. The molecule has 0 amide bonds. The summed E-state index contributed by atoms with van der Waals surface area (Å²) in [4.78, 5) is 4.68. The van der Waals surface area contributed by atoms with Crippen molar-refractivity contribution in [2.75, 3.05) is 0 Å². The molecule has 1 aliphatic rings. The van der Waals surface area contributed by atoms with Gasteiger partial charge in [0, 0.05) is 6.42 Å². The molecule has 1 N–H and O–H groups in total. The zero-order valence-electron chi connectivity index (χ0n) is 11.4. The van der Waals surface area contributed by atoms with Crippen molar-refractivity contribution in [2.24, 2.45) is 5.92 Å². The van der Waals surface area contributed by atoms with Crippen LogP contribution in [0.15, 0.2) is 24.3 Å². The van der Waals surface area contributed by atoms with Crippen LogP contribution in [-0.4, -0.2) is 15.7 Å². The number of aliphatic hydroxyl groups is 1. The lowest BCUT2D eigenvalue weighted by Crippen LogP contribution is -2.42. The molecule has 19 heavy (non-hydrogen) atoms. The van der Waals surface area contributed by atoms with Gasteiger partial charge in [-0.05, 0) is 30.9 Å². The fourth-order valence-corrected chi connectivity index (χ4v) is 4.45. The van der Waals surface area contributed by atoms with Gasteiger partial charge in [0.1, 0.15) is 0 Å². The number of fused-ring (bicyclic) bond motifs is 1. The van der Waals surface area contributed by atoms with Crippen LogP contribution in [0.4, 0.5) is 0 Å². The summed E-state index contributed by atoms with van der Waals surface area (Å²) in [6.07, 6.45) is 6.31. The van der Waals surface area contributed by atoms with E-state index in [1.165, 1.54) is 11.1 Å². The lowest BCUT2D eigenvalue weighted by molar-refractivity contribution is -0.0491. The molecule has 0 spiro atoms. The van der Waals surface area contributed by atoms with Crippen LogP contribution in [-0.2, 0) is 6.42 Å². The quantitative estimate of drug-likeness (QED) is 0.912. The van der Waals surface area contributed by atoms with E-state index in [2.05, 4.69) is 30.1 Å².